The molecule has 0 saturated heterocycles. The molecule has 0 unspecified atom stereocenters. The number of rotatable bonds is 2. The van der Waals surface area contributed by atoms with Gasteiger partial charge in [0.15, 0.2) is 0 Å². The van der Waals surface area contributed by atoms with Crippen molar-refractivity contribution in [2.45, 2.75) is 35.4 Å². The SMILES string of the molecule is C[CH](C)[Sb]([Br])[CH](C)C. The zero-order valence-electron chi connectivity index (χ0n) is 5.98. The van der Waals surface area contributed by atoms with Crippen molar-refractivity contribution in [3.63, 3.8) is 0 Å². The molecule has 0 rings (SSSR count). The summed E-state index contributed by atoms with van der Waals surface area (Å²) in [5.41, 5.74) is 0. The molecule has 0 aliphatic heterocycles. The van der Waals surface area contributed by atoms with Gasteiger partial charge >= 0.3 is 66.0 Å². The van der Waals surface area contributed by atoms with Crippen LogP contribution in [0.4, 0.5) is 0 Å². The normalized spacial score (nSPS) is 12.0. The zero-order chi connectivity index (χ0) is 6.73. The van der Waals surface area contributed by atoms with Crippen molar-refractivity contribution in [1.29, 1.82) is 0 Å². The number of hydrogen-bond donors (Lipinski definition) is 0. The molecule has 50 valence electrons. The van der Waals surface area contributed by atoms with E-state index in [-0.39, 0.29) is 0 Å². The van der Waals surface area contributed by atoms with E-state index in [0.717, 1.165) is 7.73 Å². The van der Waals surface area contributed by atoms with Crippen LogP contribution in [-0.2, 0) is 0 Å². The first kappa shape index (κ1) is 9.30. The zero-order valence-corrected chi connectivity index (χ0v) is 10.1. The molecule has 0 aliphatic rings. The fourth-order valence-corrected chi connectivity index (χ4v) is 4.00. The maximum atomic E-state index is 3.79. The summed E-state index contributed by atoms with van der Waals surface area (Å²) in [7, 11) is 0. The minimum atomic E-state index is -0.926. The Kier molecular flexibility index (Phi) is 4.84. The molecule has 0 N–H and O–H groups in total. The summed E-state index contributed by atoms with van der Waals surface area (Å²) in [5.74, 6) is 0. The molecule has 0 saturated carbocycles. The maximum absolute atomic E-state index is 3.79. The van der Waals surface area contributed by atoms with E-state index in [1.807, 2.05) is 0 Å². The van der Waals surface area contributed by atoms with Gasteiger partial charge in [-0.2, -0.15) is 0 Å². The Morgan fingerprint density at radius 2 is 1.25 bits per heavy atom. The third-order valence-corrected chi connectivity index (χ3v) is 17.6. The van der Waals surface area contributed by atoms with E-state index in [2.05, 4.69) is 40.3 Å². The molecular formula is C6H14BrSb. The summed E-state index contributed by atoms with van der Waals surface area (Å²) >= 11 is 2.86. The molecule has 0 nitrogen and oxygen atoms in total. The summed E-state index contributed by atoms with van der Waals surface area (Å²) in [5, 5.41) is 0. The Hall–Kier alpha value is 1.30. The summed E-state index contributed by atoms with van der Waals surface area (Å²) in [6, 6.07) is 0. The molecule has 0 spiro atoms. The van der Waals surface area contributed by atoms with Crippen LogP contribution in [0.3, 0.4) is 0 Å². The topological polar surface area (TPSA) is 0 Å². The third-order valence-electron chi connectivity index (χ3n) is 0.987. The second kappa shape index (κ2) is 4.17. The molecule has 0 bridgehead atoms. The van der Waals surface area contributed by atoms with Crippen LogP contribution >= 0.6 is 12.6 Å². The van der Waals surface area contributed by atoms with Crippen LogP contribution in [0.5, 0.6) is 0 Å². The van der Waals surface area contributed by atoms with Crippen LogP contribution in [0.15, 0.2) is 0 Å². The van der Waals surface area contributed by atoms with E-state index in [4.69, 9.17) is 0 Å². The summed E-state index contributed by atoms with van der Waals surface area (Å²) in [4.78, 5) is 0. The fourth-order valence-electron chi connectivity index (χ4n) is 0.596. The summed E-state index contributed by atoms with van der Waals surface area (Å²) < 4.78 is 1.89. The molecule has 0 aromatic carbocycles. The molecule has 0 fully saturated rings. The van der Waals surface area contributed by atoms with Crippen molar-refractivity contribution >= 4 is 30.6 Å². The quantitative estimate of drug-likeness (QED) is 0.684. The Morgan fingerprint density at radius 1 is 1.00 bits per heavy atom. The fraction of sp³-hybridized carbons (Fsp3) is 1.00. The van der Waals surface area contributed by atoms with Gasteiger partial charge in [0.25, 0.3) is 0 Å². The van der Waals surface area contributed by atoms with Gasteiger partial charge in [-0.1, -0.05) is 0 Å². The molecule has 0 heterocycles. The first-order valence-corrected chi connectivity index (χ1v) is 11.7. The van der Waals surface area contributed by atoms with Crippen molar-refractivity contribution in [1.82, 2.24) is 0 Å². The average Bonchev–Trinajstić information content (AvgIpc) is 1.64. The van der Waals surface area contributed by atoms with Crippen LogP contribution in [-0.4, -0.2) is 18.0 Å². The van der Waals surface area contributed by atoms with E-state index in [1.54, 1.807) is 0 Å². The van der Waals surface area contributed by atoms with Gasteiger partial charge in [-0.05, 0) is 0 Å². The molecule has 8 heavy (non-hydrogen) atoms. The Morgan fingerprint density at radius 3 is 1.25 bits per heavy atom. The van der Waals surface area contributed by atoms with E-state index in [0.29, 0.717) is 0 Å². The summed E-state index contributed by atoms with van der Waals surface area (Å²) in [6.07, 6.45) is 0. The monoisotopic (exact) mass is 286 g/mol. The van der Waals surface area contributed by atoms with Gasteiger partial charge in [-0.25, -0.2) is 0 Å². The van der Waals surface area contributed by atoms with Crippen LogP contribution in [0.25, 0.3) is 0 Å². The molecule has 2 heteroatoms. The van der Waals surface area contributed by atoms with Gasteiger partial charge in [0.1, 0.15) is 0 Å². The van der Waals surface area contributed by atoms with Crippen LogP contribution in [0, 0.1) is 0 Å². The Balaban J connectivity index is 3.46. The van der Waals surface area contributed by atoms with E-state index >= 15 is 0 Å². The second-order valence-corrected chi connectivity index (χ2v) is 15.9. The number of halogens is 1. The van der Waals surface area contributed by atoms with Crippen molar-refractivity contribution in [2.24, 2.45) is 0 Å². The number of hydrogen-bond acceptors (Lipinski definition) is 0. The van der Waals surface area contributed by atoms with Gasteiger partial charge in [-0.3, -0.25) is 0 Å². The molecule has 0 atom stereocenters. The molecule has 0 radical (unpaired) electrons. The van der Waals surface area contributed by atoms with Crippen molar-refractivity contribution in [2.75, 3.05) is 0 Å². The standard InChI is InChI=1S/2C3H7.BrH.Sb/c2*1-3-2;;/h2*3H,1-2H3;1H;/q;;;+1/p-1. The predicted molar refractivity (Wildman–Crippen MR) is 44.9 cm³/mol. The van der Waals surface area contributed by atoms with Gasteiger partial charge in [-0.15, -0.1) is 0 Å². The molecule has 0 aromatic rings. The third kappa shape index (κ3) is 3.35. The Labute approximate surface area is 65.7 Å². The molecule has 0 amide bonds. The molecule has 0 aromatic heterocycles. The average molecular weight is 288 g/mol. The van der Waals surface area contributed by atoms with Gasteiger partial charge in [0.05, 0.1) is 0 Å². The van der Waals surface area contributed by atoms with Crippen LogP contribution < -0.4 is 0 Å². The first-order chi connectivity index (χ1) is 3.55. The molecule has 0 aliphatic carbocycles. The van der Waals surface area contributed by atoms with Crippen LogP contribution in [0.1, 0.15) is 27.7 Å². The van der Waals surface area contributed by atoms with Gasteiger partial charge < -0.3 is 0 Å². The minimum absolute atomic E-state index is 0.926. The summed E-state index contributed by atoms with van der Waals surface area (Å²) in [6.45, 7) is 9.27. The van der Waals surface area contributed by atoms with Crippen molar-refractivity contribution < 1.29 is 0 Å². The van der Waals surface area contributed by atoms with Crippen molar-refractivity contribution in [3.8, 4) is 0 Å². The first-order valence-electron chi connectivity index (χ1n) is 2.99. The van der Waals surface area contributed by atoms with Gasteiger partial charge in [0, 0.05) is 0 Å². The molecular weight excluding hydrogens is 274 g/mol. The predicted octanol–water partition coefficient (Wildman–Crippen LogP) is 3.19. The van der Waals surface area contributed by atoms with Crippen molar-refractivity contribution in [3.05, 3.63) is 0 Å². The van der Waals surface area contributed by atoms with Crippen LogP contribution in [0.2, 0.25) is 7.73 Å². The van der Waals surface area contributed by atoms with E-state index < -0.39 is 18.0 Å². The second-order valence-electron chi connectivity index (χ2n) is 2.53. The van der Waals surface area contributed by atoms with E-state index in [1.165, 1.54) is 0 Å². The van der Waals surface area contributed by atoms with E-state index in [9.17, 15) is 0 Å². The Bertz CT molecular complexity index is 53.5. The van der Waals surface area contributed by atoms with Gasteiger partial charge in [0.2, 0.25) is 0 Å².